The summed E-state index contributed by atoms with van der Waals surface area (Å²) in [5.41, 5.74) is 1.58. The fourth-order valence-electron chi connectivity index (χ4n) is 3.92. The molecule has 1 aliphatic heterocycles. The van der Waals surface area contributed by atoms with Gasteiger partial charge in [-0.1, -0.05) is 0 Å². The number of hydrogen-bond donors (Lipinski definition) is 2. The van der Waals surface area contributed by atoms with E-state index in [0.717, 1.165) is 25.1 Å². The molecule has 1 aliphatic carbocycles. The fourth-order valence-corrected chi connectivity index (χ4v) is 4.95. The number of piperidine rings is 1. The van der Waals surface area contributed by atoms with Crippen LogP contribution in [0, 0.1) is 5.92 Å². The van der Waals surface area contributed by atoms with E-state index in [1.807, 2.05) is 24.3 Å². The SMILES string of the molecule is CC(C)(C)S(=O)(=O)N[C@H]1CC[C@H](C(=O)Nc2ccc(N3CCCCC3=O)cc2)CC1. The fraction of sp³-hybridized carbons (Fsp3) is 0.636. The maximum absolute atomic E-state index is 12.6. The molecule has 0 radical (unpaired) electrons. The molecule has 1 aromatic rings. The molecule has 2 fully saturated rings. The van der Waals surface area contributed by atoms with Crippen molar-refractivity contribution in [3.05, 3.63) is 24.3 Å². The van der Waals surface area contributed by atoms with Gasteiger partial charge in [-0.25, -0.2) is 13.1 Å². The van der Waals surface area contributed by atoms with Crippen molar-refractivity contribution in [2.75, 3.05) is 16.8 Å². The molecule has 1 heterocycles. The molecule has 3 rings (SSSR count). The molecule has 2 aliphatic rings. The van der Waals surface area contributed by atoms with Gasteiger partial charge in [-0.2, -0.15) is 0 Å². The van der Waals surface area contributed by atoms with Gasteiger partial charge in [-0.05, 0) is 83.6 Å². The van der Waals surface area contributed by atoms with Gasteiger partial charge in [0.25, 0.3) is 0 Å². The zero-order chi connectivity index (χ0) is 21.9. The van der Waals surface area contributed by atoms with Crippen LogP contribution in [-0.2, 0) is 19.6 Å². The van der Waals surface area contributed by atoms with E-state index in [1.54, 1.807) is 25.7 Å². The van der Waals surface area contributed by atoms with Crippen molar-refractivity contribution >= 4 is 33.2 Å². The summed E-state index contributed by atoms with van der Waals surface area (Å²) in [5.74, 6) is -0.00505. The van der Waals surface area contributed by atoms with E-state index in [4.69, 9.17) is 0 Å². The summed E-state index contributed by atoms with van der Waals surface area (Å²) >= 11 is 0. The van der Waals surface area contributed by atoms with Crippen molar-refractivity contribution in [3.8, 4) is 0 Å². The van der Waals surface area contributed by atoms with Gasteiger partial charge in [0.15, 0.2) is 0 Å². The topological polar surface area (TPSA) is 95.6 Å². The molecule has 0 bridgehead atoms. The Kier molecular flexibility index (Phi) is 6.87. The van der Waals surface area contributed by atoms with Gasteiger partial charge in [0.1, 0.15) is 0 Å². The molecule has 166 valence electrons. The first kappa shape index (κ1) is 22.7. The molecule has 1 saturated heterocycles. The Bertz CT molecular complexity index is 867. The molecule has 0 spiro atoms. The number of nitrogens with zero attached hydrogens (tertiary/aromatic N) is 1. The Morgan fingerprint density at radius 3 is 2.23 bits per heavy atom. The summed E-state index contributed by atoms with van der Waals surface area (Å²) < 4.78 is 26.6. The largest absolute Gasteiger partial charge is 0.326 e. The third-order valence-corrected chi connectivity index (χ3v) is 8.25. The molecular weight excluding hydrogens is 402 g/mol. The predicted molar refractivity (Wildman–Crippen MR) is 119 cm³/mol. The van der Waals surface area contributed by atoms with Crippen molar-refractivity contribution in [1.82, 2.24) is 4.72 Å². The normalized spacial score (nSPS) is 23.3. The van der Waals surface area contributed by atoms with Crippen LogP contribution in [0.2, 0.25) is 0 Å². The third kappa shape index (κ3) is 5.40. The second-order valence-corrected chi connectivity index (χ2v) is 11.8. The maximum Gasteiger partial charge on any atom is 0.227 e. The summed E-state index contributed by atoms with van der Waals surface area (Å²) in [6, 6.07) is 7.30. The first-order valence-electron chi connectivity index (χ1n) is 10.8. The van der Waals surface area contributed by atoms with Gasteiger partial charge in [-0.3, -0.25) is 9.59 Å². The maximum atomic E-state index is 12.6. The van der Waals surface area contributed by atoms with E-state index in [-0.39, 0.29) is 23.8 Å². The number of amides is 2. The molecule has 2 N–H and O–H groups in total. The summed E-state index contributed by atoms with van der Waals surface area (Å²) in [7, 11) is -3.38. The number of hydrogen-bond acceptors (Lipinski definition) is 4. The second-order valence-electron chi connectivity index (χ2n) is 9.32. The average Bonchev–Trinajstić information content (AvgIpc) is 2.68. The minimum atomic E-state index is -3.38. The molecule has 0 aromatic heterocycles. The smallest absolute Gasteiger partial charge is 0.227 e. The Morgan fingerprint density at radius 2 is 1.67 bits per heavy atom. The number of carbonyl (C=O) groups excluding carboxylic acids is 2. The number of carbonyl (C=O) groups is 2. The molecule has 7 nitrogen and oxygen atoms in total. The Morgan fingerprint density at radius 1 is 1.03 bits per heavy atom. The quantitative estimate of drug-likeness (QED) is 0.741. The van der Waals surface area contributed by atoms with Crippen LogP contribution in [0.1, 0.15) is 65.7 Å². The summed E-state index contributed by atoms with van der Waals surface area (Å²) in [4.78, 5) is 26.5. The van der Waals surface area contributed by atoms with Crippen molar-refractivity contribution in [1.29, 1.82) is 0 Å². The van der Waals surface area contributed by atoms with Crippen LogP contribution in [0.3, 0.4) is 0 Å². The lowest BCUT2D eigenvalue weighted by Gasteiger charge is -2.31. The van der Waals surface area contributed by atoms with Crippen LogP contribution >= 0.6 is 0 Å². The number of nitrogens with one attached hydrogen (secondary N) is 2. The summed E-state index contributed by atoms with van der Waals surface area (Å²) in [5, 5.41) is 2.96. The molecule has 0 unspecified atom stereocenters. The van der Waals surface area contributed by atoms with Crippen molar-refractivity contribution < 1.29 is 18.0 Å². The number of rotatable bonds is 5. The predicted octanol–water partition coefficient (Wildman–Crippen LogP) is 3.42. The van der Waals surface area contributed by atoms with Crippen LogP contribution in [-0.4, -0.2) is 37.6 Å². The van der Waals surface area contributed by atoms with Crippen LogP contribution in [0.5, 0.6) is 0 Å². The highest BCUT2D eigenvalue weighted by Crippen LogP contribution is 2.28. The van der Waals surface area contributed by atoms with Crippen LogP contribution in [0.15, 0.2) is 24.3 Å². The van der Waals surface area contributed by atoms with Crippen LogP contribution in [0.25, 0.3) is 0 Å². The third-order valence-electron chi connectivity index (χ3n) is 6.00. The van der Waals surface area contributed by atoms with Gasteiger partial charge in [0.05, 0.1) is 4.75 Å². The van der Waals surface area contributed by atoms with Gasteiger partial charge in [-0.15, -0.1) is 0 Å². The van der Waals surface area contributed by atoms with Crippen molar-refractivity contribution in [3.63, 3.8) is 0 Å². The van der Waals surface area contributed by atoms with E-state index in [2.05, 4.69) is 10.0 Å². The molecule has 2 amide bonds. The lowest BCUT2D eigenvalue weighted by atomic mass is 9.86. The average molecular weight is 436 g/mol. The summed E-state index contributed by atoms with van der Waals surface area (Å²) in [6.07, 6.45) is 5.18. The van der Waals surface area contributed by atoms with Crippen LogP contribution < -0.4 is 14.9 Å². The first-order chi connectivity index (χ1) is 14.1. The molecule has 30 heavy (non-hydrogen) atoms. The minimum Gasteiger partial charge on any atom is -0.326 e. The zero-order valence-electron chi connectivity index (χ0n) is 18.1. The van der Waals surface area contributed by atoms with Gasteiger partial charge in [0.2, 0.25) is 21.8 Å². The van der Waals surface area contributed by atoms with Gasteiger partial charge in [0, 0.05) is 36.3 Å². The van der Waals surface area contributed by atoms with E-state index in [1.165, 1.54) is 0 Å². The molecule has 1 saturated carbocycles. The zero-order valence-corrected chi connectivity index (χ0v) is 18.9. The van der Waals surface area contributed by atoms with Crippen molar-refractivity contribution in [2.24, 2.45) is 5.92 Å². The monoisotopic (exact) mass is 435 g/mol. The lowest BCUT2D eigenvalue weighted by Crippen LogP contribution is -2.46. The Hall–Kier alpha value is -1.93. The van der Waals surface area contributed by atoms with Gasteiger partial charge < -0.3 is 10.2 Å². The first-order valence-corrected chi connectivity index (χ1v) is 12.3. The van der Waals surface area contributed by atoms with E-state index < -0.39 is 14.8 Å². The van der Waals surface area contributed by atoms with Crippen LogP contribution in [0.4, 0.5) is 11.4 Å². The Balaban J connectivity index is 1.51. The number of benzene rings is 1. The lowest BCUT2D eigenvalue weighted by molar-refractivity contribution is -0.121. The van der Waals surface area contributed by atoms with E-state index >= 15 is 0 Å². The van der Waals surface area contributed by atoms with E-state index in [9.17, 15) is 18.0 Å². The highest BCUT2D eigenvalue weighted by molar-refractivity contribution is 7.90. The molecule has 1 aromatic carbocycles. The highest BCUT2D eigenvalue weighted by Gasteiger charge is 2.34. The van der Waals surface area contributed by atoms with Crippen molar-refractivity contribution in [2.45, 2.75) is 76.5 Å². The molecular formula is C22H33N3O4S. The molecule has 8 heteroatoms. The standard InChI is InChI=1S/C22H33N3O4S/c1-22(2,3)30(28,29)24-18-9-7-16(8-10-18)21(27)23-17-11-13-19(14-12-17)25-15-5-4-6-20(25)26/h11-14,16,18,24H,4-10,15H2,1-3H3,(H,23,27)/t16-,18-. The number of sulfonamides is 1. The second kappa shape index (κ2) is 9.06. The van der Waals surface area contributed by atoms with E-state index in [0.29, 0.717) is 37.8 Å². The Labute approximate surface area is 179 Å². The number of anilines is 2. The van der Waals surface area contributed by atoms with Gasteiger partial charge >= 0.3 is 0 Å². The molecule has 0 atom stereocenters. The highest BCUT2D eigenvalue weighted by atomic mass is 32.2. The summed E-state index contributed by atoms with van der Waals surface area (Å²) in [6.45, 7) is 5.79. The minimum absolute atomic E-state index is 0.0334.